The van der Waals surface area contributed by atoms with Crippen LogP contribution in [0.25, 0.3) is 0 Å². The van der Waals surface area contributed by atoms with Crippen molar-refractivity contribution in [3.05, 3.63) is 35.4 Å². The van der Waals surface area contributed by atoms with Crippen LogP contribution >= 0.6 is 0 Å². The quantitative estimate of drug-likeness (QED) is 0.896. The molecular formula is C15H17N3O2. The van der Waals surface area contributed by atoms with E-state index >= 15 is 0 Å². The van der Waals surface area contributed by atoms with Crippen molar-refractivity contribution in [2.24, 2.45) is 5.92 Å². The fourth-order valence-corrected chi connectivity index (χ4v) is 2.38. The molecule has 0 radical (unpaired) electrons. The molecule has 1 saturated heterocycles. The summed E-state index contributed by atoms with van der Waals surface area (Å²) < 4.78 is 0. The zero-order chi connectivity index (χ0) is 14.5. The third-order valence-corrected chi connectivity index (χ3v) is 3.44. The fraction of sp³-hybridized carbons (Fsp3) is 0.400. The van der Waals surface area contributed by atoms with Gasteiger partial charge in [-0.1, -0.05) is 6.07 Å². The van der Waals surface area contributed by atoms with Crippen LogP contribution in [-0.4, -0.2) is 36.3 Å². The van der Waals surface area contributed by atoms with Crippen molar-refractivity contribution in [1.82, 2.24) is 10.2 Å². The summed E-state index contributed by atoms with van der Waals surface area (Å²) in [7, 11) is 0. The number of hydrogen-bond donors (Lipinski definition) is 1. The lowest BCUT2D eigenvalue weighted by atomic mass is 10.1. The average molecular weight is 271 g/mol. The normalized spacial score (nSPS) is 17.6. The smallest absolute Gasteiger partial charge is 0.253 e. The molecule has 2 amide bonds. The van der Waals surface area contributed by atoms with Crippen LogP contribution in [0.5, 0.6) is 0 Å². The Balaban J connectivity index is 2.04. The highest BCUT2D eigenvalue weighted by atomic mass is 16.2. The van der Waals surface area contributed by atoms with Gasteiger partial charge >= 0.3 is 0 Å². The van der Waals surface area contributed by atoms with E-state index in [1.54, 1.807) is 29.2 Å². The highest BCUT2D eigenvalue weighted by molar-refractivity contribution is 5.95. The number of nitriles is 1. The van der Waals surface area contributed by atoms with E-state index < -0.39 is 0 Å². The first-order valence-electron chi connectivity index (χ1n) is 6.73. The summed E-state index contributed by atoms with van der Waals surface area (Å²) in [5.41, 5.74) is 0.968. The van der Waals surface area contributed by atoms with Crippen molar-refractivity contribution in [3.63, 3.8) is 0 Å². The molecule has 1 aromatic carbocycles. The van der Waals surface area contributed by atoms with Gasteiger partial charge in [0.2, 0.25) is 5.91 Å². The van der Waals surface area contributed by atoms with Gasteiger partial charge in [0.05, 0.1) is 17.6 Å². The predicted molar refractivity (Wildman–Crippen MR) is 73.9 cm³/mol. The molecule has 2 rings (SSSR count). The first-order valence-corrected chi connectivity index (χ1v) is 6.73. The van der Waals surface area contributed by atoms with Crippen LogP contribution in [0.2, 0.25) is 0 Å². The Bertz CT molecular complexity index is 562. The molecule has 1 N–H and O–H groups in total. The summed E-state index contributed by atoms with van der Waals surface area (Å²) in [5, 5.41) is 11.6. The standard InChI is InChI=1S/C15H17N3O2/c1-2-17-14(19)13-6-7-18(10-13)15(20)12-5-3-4-11(8-12)9-16/h3-5,8,13H,2,6-7,10H2,1H3,(H,17,19). The molecule has 1 aliphatic rings. The second-order valence-electron chi connectivity index (χ2n) is 4.82. The molecule has 1 unspecified atom stereocenters. The highest BCUT2D eigenvalue weighted by Gasteiger charge is 2.31. The van der Waals surface area contributed by atoms with Crippen LogP contribution in [0.3, 0.4) is 0 Å². The Morgan fingerprint density at radius 3 is 3.00 bits per heavy atom. The minimum absolute atomic E-state index is 0.00794. The van der Waals surface area contributed by atoms with Crippen molar-refractivity contribution < 1.29 is 9.59 Å². The van der Waals surface area contributed by atoms with Crippen LogP contribution in [0.15, 0.2) is 24.3 Å². The lowest BCUT2D eigenvalue weighted by Gasteiger charge is -2.16. The molecule has 1 aliphatic heterocycles. The lowest BCUT2D eigenvalue weighted by molar-refractivity contribution is -0.124. The number of carbonyl (C=O) groups excluding carboxylic acids is 2. The molecule has 1 aromatic rings. The van der Waals surface area contributed by atoms with Gasteiger partial charge in [0.15, 0.2) is 0 Å². The minimum Gasteiger partial charge on any atom is -0.356 e. The molecule has 0 saturated carbocycles. The minimum atomic E-state index is -0.127. The monoisotopic (exact) mass is 271 g/mol. The molecule has 0 aliphatic carbocycles. The largest absolute Gasteiger partial charge is 0.356 e. The first kappa shape index (κ1) is 14.1. The second-order valence-corrected chi connectivity index (χ2v) is 4.82. The Labute approximate surface area is 118 Å². The van der Waals surface area contributed by atoms with E-state index in [1.807, 2.05) is 13.0 Å². The maximum atomic E-state index is 12.3. The van der Waals surface area contributed by atoms with E-state index in [1.165, 1.54) is 0 Å². The van der Waals surface area contributed by atoms with Crippen LogP contribution < -0.4 is 5.32 Å². The van der Waals surface area contributed by atoms with Gasteiger partial charge in [-0.25, -0.2) is 0 Å². The zero-order valence-electron chi connectivity index (χ0n) is 11.4. The fourth-order valence-electron chi connectivity index (χ4n) is 2.38. The van der Waals surface area contributed by atoms with Crippen molar-refractivity contribution in [1.29, 1.82) is 5.26 Å². The molecule has 0 spiro atoms. The molecule has 0 aromatic heterocycles. The van der Waals surface area contributed by atoms with E-state index in [4.69, 9.17) is 5.26 Å². The van der Waals surface area contributed by atoms with Gasteiger partial charge in [-0.2, -0.15) is 5.26 Å². The number of amides is 2. The molecule has 1 atom stereocenters. The maximum Gasteiger partial charge on any atom is 0.253 e. The lowest BCUT2D eigenvalue weighted by Crippen LogP contribution is -2.34. The highest BCUT2D eigenvalue weighted by Crippen LogP contribution is 2.19. The van der Waals surface area contributed by atoms with Crippen molar-refractivity contribution in [2.45, 2.75) is 13.3 Å². The van der Waals surface area contributed by atoms with Crippen molar-refractivity contribution in [3.8, 4) is 6.07 Å². The number of benzene rings is 1. The second kappa shape index (κ2) is 6.20. The average Bonchev–Trinajstić information content (AvgIpc) is 2.96. The Kier molecular flexibility index (Phi) is 4.36. The Morgan fingerprint density at radius 2 is 2.30 bits per heavy atom. The summed E-state index contributed by atoms with van der Waals surface area (Å²) in [6, 6.07) is 8.67. The predicted octanol–water partition coefficient (Wildman–Crippen LogP) is 1.16. The van der Waals surface area contributed by atoms with E-state index in [9.17, 15) is 9.59 Å². The zero-order valence-corrected chi connectivity index (χ0v) is 11.4. The molecule has 104 valence electrons. The third kappa shape index (κ3) is 2.97. The van der Waals surface area contributed by atoms with E-state index in [0.717, 1.165) is 0 Å². The van der Waals surface area contributed by atoms with Gasteiger partial charge in [0.1, 0.15) is 0 Å². The van der Waals surface area contributed by atoms with E-state index in [2.05, 4.69) is 5.32 Å². The topological polar surface area (TPSA) is 73.2 Å². The molecule has 5 nitrogen and oxygen atoms in total. The van der Waals surface area contributed by atoms with Gasteiger partial charge in [0.25, 0.3) is 5.91 Å². The number of carbonyl (C=O) groups is 2. The maximum absolute atomic E-state index is 12.3. The summed E-state index contributed by atoms with van der Waals surface area (Å²) >= 11 is 0. The summed E-state index contributed by atoms with van der Waals surface area (Å²) in [6.07, 6.45) is 0.690. The summed E-state index contributed by atoms with van der Waals surface area (Å²) in [5.74, 6) is -0.236. The number of likely N-dealkylation sites (tertiary alicyclic amines) is 1. The van der Waals surface area contributed by atoms with Gasteiger partial charge in [-0.05, 0) is 31.5 Å². The number of hydrogen-bond acceptors (Lipinski definition) is 3. The Morgan fingerprint density at radius 1 is 1.50 bits per heavy atom. The van der Waals surface area contributed by atoms with Gasteiger partial charge in [-0.3, -0.25) is 9.59 Å². The summed E-state index contributed by atoms with van der Waals surface area (Å²) in [6.45, 7) is 3.51. The first-order chi connectivity index (χ1) is 9.65. The molecule has 5 heteroatoms. The van der Waals surface area contributed by atoms with Crippen molar-refractivity contribution in [2.75, 3.05) is 19.6 Å². The van der Waals surface area contributed by atoms with Crippen LogP contribution in [0.4, 0.5) is 0 Å². The molecular weight excluding hydrogens is 254 g/mol. The molecule has 1 fully saturated rings. The SMILES string of the molecule is CCNC(=O)C1CCN(C(=O)c2cccc(C#N)c2)C1. The Hall–Kier alpha value is -2.35. The van der Waals surface area contributed by atoms with Crippen LogP contribution in [-0.2, 0) is 4.79 Å². The van der Waals surface area contributed by atoms with Crippen molar-refractivity contribution >= 4 is 11.8 Å². The number of rotatable bonds is 3. The molecule has 1 heterocycles. The number of nitrogens with one attached hydrogen (secondary N) is 1. The number of nitrogens with zero attached hydrogens (tertiary/aromatic N) is 2. The van der Waals surface area contributed by atoms with Gasteiger partial charge in [-0.15, -0.1) is 0 Å². The third-order valence-electron chi connectivity index (χ3n) is 3.44. The van der Waals surface area contributed by atoms with E-state index in [0.29, 0.717) is 37.2 Å². The summed E-state index contributed by atoms with van der Waals surface area (Å²) in [4.78, 5) is 25.8. The molecule has 20 heavy (non-hydrogen) atoms. The van der Waals surface area contributed by atoms with Crippen LogP contribution in [0.1, 0.15) is 29.3 Å². The molecule has 0 bridgehead atoms. The van der Waals surface area contributed by atoms with Gasteiger partial charge in [0, 0.05) is 25.2 Å². The van der Waals surface area contributed by atoms with Gasteiger partial charge < -0.3 is 10.2 Å². The van der Waals surface area contributed by atoms with E-state index in [-0.39, 0.29) is 17.7 Å². The van der Waals surface area contributed by atoms with Crippen LogP contribution in [0, 0.1) is 17.2 Å².